The minimum absolute atomic E-state index is 0.380. The van der Waals surface area contributed by atoms with E-state index in [1.807, 2.05) is 0 Å². The Morgan fingerprint density at radius 3 is 2.64 bits per heavy atom. The van der Waals surface area contributed by atoms with E-state index in [-0.39, 0.29) is 5.91 Å². The molecule has 6 heteroatoms. The molecule has 14 heavy (non-hydrogen) atoms. The van der Waals surface area contributed by atoms with Gasteiger partial charge in [0.25, 0.3) is 5.91 Å². The Balaban J connectivity index is 2.26. The first-order valence-corrected chi connectivity index (χ1v) is 4.68. The van der Waals surface area contributed by atoms with Gasteiger partial charge in [-0.15, -0.1) is 11.3 Å². The molecule has 0 saturated carbocycles. The van der Waals surface area contributed by atoms with Gasteiger partial charge in [0.2, 0.25) is 0 Å². The van der Waals surface area contributed by atoms with E-state index in [0.29, 0.717) is 16.0 Å². The van der Waals surface area contributed by atoms with Gasteiger partial charge in [-0.05, 0) is 12.1 Å². The molecule has 0 aliphatic carbocycles. The zero-order valence-electron chi connectivity index (χ0n) is 6.94. The zero-order valence-corrected chi connectivity index (χ0v) is 7.76. The fraction of sp³-hybridized carbons (Fsp3) is 0.125. The Morgan fingerprint density at radius 2 is 2.14 bits per heavy atom. The molecule has 1 fully saturated rings. The maximum Gasteiger partial charge on any atom is 0.322 e. The van der Waals surface area contributed by atoms with E-state index >= 15 is 0 Å². The van der Waals surface area contributed by atoms with Crippen molar-refractivity contribution in [2.24, 2.45) is 0 Å². The lowest BCUT2D eigenvalue weighted by Crippen LogP contribution is -2.22. The first-order chi connectivity index (χ1) is 6.70. The number of hydrogen-bond acceptors (Lipinski definition) is 4. The molecular formula is C8H6N2O3S. The van der Waals surface area contributed by atoms with Gasteiger partial charge in [-0.25, -0.2) is 4.79 Å². The highest BCUT2D eigenvalue weighted by atomic mass is 32.1. The summed E-state index contributed by atoms with van der Waals surface area (Å²) in [6.45, 7) is 0. The van der Waals surface area contributed by atoms with Crippen LogP contribution in [0.2, 0.25) is 0 Å². The quantitative estimate of drug-likeness (QED) is 0.549. The van der Waals surface area contributed by atoms with E-state index in [4.69, 9.17) is 0 Å². The fourth-order valence-corrected chi connectivity index (χ4v) is 2.08. The number of hydrogen-bond donors (Lipinski definition) is 2. The van der Waals surface area contributed by atoms with E-state index in [2.05, 4.69) is 10.6 Å². The lowest BCUT2D eigenvalue weighted by atomic mass is 10.2. The van der Waals surface area contributed by atoms with Gasteiger partial charge in [0.15, 0.2) is 6.29 Å². The third-order valence-electron chi connectivity index (χ3n) is 1.82. The number of rotatable bonds is 2. The summed E-state index contributed by atoms with van der Waals surface area (Å²) < 4.78 is 0. The third kappa shape index (κ3) is 1.39. The van der Waals surface area contributed by atoms with Crippen LogP contribution in [0.4, 0.5) is 4.79 Å². The minimum Gasteiger partial charge on any atom is -0.321 e. The molecule has 1 aliphatic heterocycles. The largest absolute Gasteiger partial charge is 0.322 e. The normalized spacial score (nSPS) is 20.4. The molecule has 5 nitrogen and oxygen atoms in total. The molecule has 0 bridgehead atoms. The molecule has 0 radical (unpaired) electrons. The standard InChI is InChI=1S/C8H6N2O3S/c11-3-4-1-2-5(14-4)6-7(12)10-8(13)9-6/h1-3,6H,(H2,9,10,12,13). The van der Waals surface area contributed by atoms with Gasteiger partial charge in [-0.2, -0.15) is 0 Å². The predicted molar refractivity (Wildman–Crippen MR) is 49.1 cm³/mol. The van der Waals surface area contributed by atoms with Crippen molar-refractivity contribution in [3.63, 3.8) is 0 Å². The van der Waals surface area contributed by atoms with E-state index < -0.39 is 12.1 Å². The third-order valence-corrected chi connectivity index (χ3v) is 2.90. The van der Waals surface area contributed by atoms with Crippen LogP contribution in [0.3, 0.4) is 0 Å². The lowest BCUT2D eigenvalue weighted by Gasteiger charge is -2.01. The van der Waals surface area contributed by atoms with Crippen LogP contribution in [0.1, 0.15) is 20.6 Å². The summed E-state index contributed by atoms with van der Waals surface area (Å²) in [5.41, 5.74) is 0. The number of carbonyl (C=O) groups is 3. The monoisotopic (exact) mass is 210 g/mol. The predicted octanol–water partition coefficient (Wildman–Crippen LogP) is 0.441. The molecule has 1 aliphatic rings. The molecule has 2 N–H and O–H groups in total. The molecule has 0 spiro atoms. The van der Waals surface area contributed by atoms with Crippen molar-refractivity contribution < 1.29 is 14.4 Å². The van der Waals surface area contributed by atoms with Gasteiger partial charge >= 0.3 is 6.03 Å². The van der Waals surface area contributed by atoms with Crippen LogP contribution in [-0.4, -0.2) is 18.2 Å². The number of amides is 3. The summed E-state index contributed by atoms with van der Waals surface area (Å²) >= 11 is 1.19. The molecule has 2 rings (SSSR count). The summed E-state index contributed by atoms with van der Waals surface area (Å²) in [6, 6.07) is 2.12. The molecule has 1 aromatic heterocycles. The van der Waals surface area contributed by atoms with Crippen molar-refractivity contribution in [1.82, 2.24) is 10.6 Å². The number of urea groups is 1. The highest BCUT2D eigenvalue weighted by molar-refractivity contribution is 7.13. The van der Waals surface area contributed by atoms with Crippen LogP contribution >= 0.6 is 11.3 Å². The fourth-order valence-electron chi connectivity index (χ4n) is 1.20. The Bertz CT molecular complexity index is 412. The Kier molecular flexibility index (Phi) is 2.05. The second-order valence-corrected chi connectivity index (χ2v) is 3.90. The van der Waals surface area contributed by atoms with E-state index in [1.165, 1.54) is 11.3 Å². The van der Waals surface area contributed by atoms with Crippen molar-refractivity contribution in [2.45, 2.75) is 6.04 Å². The number of thiophene rings is 1. The molecule has 0 aromatic carbocycles. The maximum absolute atomic E-state index is 11.2. The molecule has 3 amide bonds. The van der Waals surface area contributed by atoms with Gasteiger partial charge in [-0.1, -0.05) is 0 Å². The van der Waals surface area contributed by atoms with Crippen molar-refractivity contribution in [3.05, 3.63) is 21.9 Å². The summed E-state index contributed by atoms with van der Waals surface area (Å²) in [6.07, 6.45) is 0.711. The second kappa shape index (κ2) is 3.22. The second-order valence-electron chi connectivity index (χ2n) is 2.75. The average molecular weight is 210 g/mol. The first kappa shape index (κ1) is 8.89. The minimum atomic E-state index is -0.652. The molecule has 1 saturated heterocycles. The molecular weight excluding hydrogens is 204 g/mol. The van der Waals surface area contributed by atoms with Crippen molar-refractivity contribution in [2.75, 3.05) is 0 Å². The molecule has 1 atom stereocenters. The van der Waals surface area contributed by atoms with Crippen molar-refractivity contribution in [3.8, 4) is 0 Å². The van der Waals surface area contributed by atoms with Crippen LogP contribution in [0.15, 0.2) is 12.1 Å². The Labute approximate surface area is 83.1 Å². The summed E-state index contributed by atoms with van der Waals surface area (Å²) in [7, 11) is 0. The SMILES string of the molecule is O=Cc1ccc(C2NC(=O)NC2=O)s1. The topological polar surface area (TPSA) is 75.3 Å². The van der Waals surface area contributed by atoms with Crippen LogP contribution in [0.25, 0.3) is 0 Å². The van der Waals surface area contributed by atoms with Gasteiger partial charge in [0.1, 0.15) is 6.04 Å². The zero-order chi connectivity index (χ0) is 10.1. The molecule has 1 aromatic rings. The number of aldehydes is 1. The van der Waals surface area contributed by atoms with Crippen LogP contribution in [0, 0.1) is 0 Å². The van der Waals surface area contributed by atoms with E-state index in [9.17, 15) is 14.4 Å². The van der Waals surface area contributed by atoms with Gasteiger partial charge in [0, 0.05) is 4.88 Å². The molecule has 1 unspecified atom stereocenters. The highest BCUT2D eigenvalue weighted by Crippen LogP contribution is 2.24. The van der Waals surface area contributed by atoms with Crippen LogP contribution in [-0.2, 0) is 4.79 Å². The highest BCUT2D eigenvalue weighted by Gasteiger charge is 2.31. The van der Waals surface area contributed by atoms with Crippen molar-refractivity contribution >= 4 is 29.6 Å². The first-order valence-electron chi connectivity index (χ1n) is 3.87. The lowest BCUT2D eigenvalue weighted by molar-refractivity contribution is -0.120. The van der Waals surface area contributed by atoms with Crippen LogP contribution in [0.5, 0.6) is 0 Å². The summed E-state index contributed by atoms with van der Waals surface area (Å²) in [5, 5.41) is 4.57. The maximum atomic E-state index is 11.2. The molecule has 72 valence electrons. The Morgan fingerprint density at radius 1 is 1.36 bits per heavy atom. The van der Waals surface area contributed by atoms with E-state index in [0.717, 1.165) is 0 Å². The van der Waals surface area contributed by atoms with Gasteiger partial charge < -0.3 is 5.32 Å². The average Bonchev–Trinajstić information content (AvgIpc) is 2.71. The van der Waals surface area contributed by atoms with Gasteiger partial charge in [0.05, 0.1) is 4.88 Å². The smallest absolute Gasteiger partial charge is 0.321 e. The Hall–Kier alpha value is -1.69. The van der Waals surface area contributed by atoms with Gasteiger partial charge in [-0.3, -0.25) is 14.9 Å². The summed E-state index contributed by atoms with van der Waals surface area (Å²) in [4.78, 5) is 33.6. The molecule has 2 heterocycles. The number of carbonyl (C=O) groups excluding carboxylic acids is 3. The summed E-state index contributed by atoms with van der Waals surface area (Å²) in [5.74, 6) is -0.380. The van der Waals surface area contributed by atoms with Crippen LogP contribution < -0.4 is 10.6 Å². The van der Waals surface area contributed by atoms with Crippen molar-refractivity contribution in [1.29, 1.82) is 0 Å². The number of nitrogens with one attached hydrogen (secondary N) is 2. The van der Waals surface area contributed by atoms with E-state index in [1.54, 1.807) is 12.1 Å². The number of imide groups is 1.